The van der Waals surface area contributed by atoms with E-state index >= 15 is 0 Å². The SMILES string of the molecule is Cc1nn(C(F)F)cc1NCc1cnn(CC(C)C)c1.Cl. The maximum Gasteiger partial charge on any atom is 0.333 e. The molecule has 118 valence electrons. The Morgan fingerprint density at radius 1 is 1.29 bits per heavy atom. The van der Waals surface area contributed by atoms with Gasteiger partial charge in [-0.25, -0.2) is 4.68 Å². The van der Waals surface area contributed by atoms with E-state index in [1.807, 2.05) is 10.9 Å². The predicted molar refractivity (Wildman–Crippen MR) is 79.9 cm³/mol. The van der Waals surface area contributed by atoms with Gasteiger partial charge in [0.1, 0.15) is 0 Å². The molecule has 8 heteroatoms. The number of alkyl halides is 2. The molecule has 0 aromatic carbocycles. The predicted octanol–water partition coefficient (Wildman–Crippen LogP) is 3.47. The molecule has 0 saturated carbocycles. The summed E-state index contributed by atoms with van der Waals surface area (Å²) in [7, 11) is 0. The van der Waals surface area contributed by atoms with Gasteiger partial charge >= 0.3 is 6.55 Å². The Morgan fingerprint density at radius 2 is 2.00 bits per heavy atom. The summed E-state index contributed by atoms with van der Waals surface area (Å²) in [6.45, 7) is 4.74. The van der Waals surface area contributed by atoms with Crippen molar-refractivity contribution >= 4 is 18.1 Å². The van der Waals surface area contributed by atoms with Crippen molar-refractivity contribution in [2.75, 3.05) is 5.32 Å². The molecule has 2 aromatic heterocycles. The highest BCUT2D eigenvalue weighted by molar-refractivity contribution is 5.85. The lowest BCUT2D eigenvalue weighted by atomic mass is 10.2. The fourth-order valence-electron chi connectivity index (χ4n) is 1.92. The Hall–Kier alpha value is -1.63. The molecule has 0 atom stereocenters. The quantitative estimate of drug-likeness (QED) is 0.887. The van der Waals surface area contributed by atoms with Crippen molar-refractivity contribution in [3.63, 3.8) is 0 Å². The van der Waals surface area contributed by atoms with E-state index in [4.69, 9.17) is 0 Å². The molecule has 0 bridgehead atoms. The van der Waals surface area contributed by atoms with E-state index in [-0.39, 0.29) is 12.4 Å². The third-order valence-corrected chi connectivity index (χ3v) is 2.84. The molecule has 0 aliphatic heterocycles. The van der Waals surface area contributed by atoms with Crippen molar-refractivity contribution in [3.8, 4) is 0 Å². The smallest absolute Gasteiger partial charge is 0.333 e. The Balaban J connectivity index is 0.00000220. The van der Waals surface area contributed by atoms with Gasteiger partial charge in [-0.15, -0.1) is 12.4 Å². The molecule has 1 N–H and O–H groups in total. The normalized spacial score (nSPS) is 11.0. The van der Waals surface area contributed by atoms with Gasteiger partial charge in [-0.1, -0.05) is 13.8 Å². The van der Waals surface area contributed by atoms with E-state index in [1.165, 1.54) is 6.20 Å². The molecular formula is C13H20ClF2N5. The van der Waals surface area contributed by atoms with Gasteiger partial charge in [0, 0.05) is 24.8 Å². The number of nitrogens with one attached hydrogen (secondary N) is 1. The molecule has 0 fully saturated rings. The highest BCUT2D eigenvalue weighted by atomic mass is 35.5. The molecule has 2 rings (SSSR count). The first-order valence-electron chi connectivity index (χ1n) is 6.55. The first kappa shape index (κ1) is 17.4. The number of aromatic nitrogens is 4. The maximum absolute atomic E-state index is 12.5. The maximum atomic E-state index is 12.5. The lowest BCUT2D eigenvalue weighted by molar-refractivity contribution is 0.0563. The minimum absolute atomic E-state index is 0. The lowest BCUT2D eigenvalue weighted by Gasteiger charge is -2.04. The molecule has 0 spiro atoms. The van der Waals surface area contributed by atoms with Gasteiger partial charge < -0.3 is 5.32 Å². The van der Waals surface area contributed by atoms with Crippen molar-refractivity contribution in [3.05, 3.63) is 29.8 Å². The van der Waals surface area contributed by atoms with Gasteiger partial charge in [-0.3, -0.25) is 4.68 Å². The molecule has 2 aromatic rings. The van der Waals surface area contributed by atoms with Crippen LogP contribution in [-0.2, 0) is 13.1 Å². The second-order valence-corrected chi connectivity index (χ2v) is 5.20. The number of anilines is 1. The summed E-state index contributed by atoms with van der Waals surface area (Å²) in [4.78, 5) is 0. The van der Waals surface area contributed by atoms with Crippen molar-refractivity contribution in [2.24, 2.45) is 5.92 Å². The molecular weight excluding hydrogens is 300 g/mol. The fourth-order valence-corrected chi connectivity index (χ4v) is 1.92. The van der Waals surface area contributed by atoms with Crippen LogP contribution in [-0.4, -0.2) is 19.6 Å². The number of hydrogen-bond acceptors (Lipinski definition) is 3. The largest absolute Gasteiger partial charge is 0.378 e. The average molecular weight is 320 g/mol. The molecule has 21 heavy (non-hydrogen) atoms. The third-order valence-electron chi connectivity index (χ3n) is 2.84. The second kappa shape index (κ2) is 7.40. The highest BCUT2D eigenvalue weighted by Gasteiger charge is 2.11. The van der Waals surface area contributed by atoms with Crippen LogP contribution < -0.4 is 5.32 Å². The molecule has 0 radical (unpaired) electrons. The zero-order valence-corrected chi connectivity index (χ0v) is 13.1. The zero-order chi connectivity index (χ0) is 14.7. The fraction of sp³-hybridized carbons (Fsp3) is 0.538. The molecule has 2 heterocycles. The summed E-state index contributed by atoms with van der Waals surface area (Å²) in [6, 6.07) is 0. The number of aryl methyl sites for hydroxylation is 1. The van der Waals surface area contributed by atoms with Gasteiger partial charge in [-0.2, -0.15) is 19.0 Å². The summed E-state index contributed by atoms with van der Waals surface area (Å²) >= 11 is 0. The monoisotopic (exact) mass is 319 g/mol. The van der Waals surface area contributed by atoms with E-state index < -0.39 is 6.55 Å². The van der Waals surface area contributed by atoms with Gasteiger partial charge in [0.15, 0.2) is 0 Å². The van der Waals surface area contributed by atoms with E-state index in [2.05, 4.69) is 29.4 Å². The Kier molecular flexibility index (Phi) is 6.14. The van der Waals surface area contributed by atoms with Crippen LogP contribution in [0.25, 0.3) is 0 Å². The first-order chi connectivity index (χ1) is 9.45. The minimum atomic E-state index is -2.61. The third kappa shape index (κ3) is 4.70. The first-order valence-corrected chi connectivity index (χ1v) is 6.55. The number of hydrogen-bond donors (Lipinski definition) is 1. The topological polar surface area (TPSA) is 47.7 Å². The summed E-state index contributed by atoms with van der Waals surface area (Å²) in [5, 5.41) is 11.1. The molecule has 5 nitrogen and oxygen atoms in total. The van der Waals surface area contributed by atoms with Gasteiger partial charge in [0.25, 0.3) is 0 Å². The van der Waals surface area contributed by atoms with Crippen molar-refractivity contribution in [1.82, 2.24) is 19.6 Å². The summed E-state index contributed by atoms with van der Waals surface area (Å²) < 4.78 is 27.6. The van der Waals surface area contributed by atoms with Crippen molar-refractivity contribution in [2.45, 2.75) is 40.4 Å². The van der Waals surface area contributed by atoms with Crippen LogP contribution in [0.1, 0.15) is 31.7 Å². The Bertz CT molecular complexity index is 565. The van der Waals surface area contributed by atoms with Crippen LogP contribution in [0.4, 0.5) is 14.5 Å². The van der Waals surface area contributed by atoms with Crippen LogP contribution in [0.15, 0.2) is 18.6 Å². The molecule has 0 aliphatic rings. The van der Waals surface area contributed by atoms with Crippen molar-refractivity contribution in [1.29, 1.82) is 0 Å². The van der Waals surface area contributed by atoms with E-state index in [1.54, 1.807) is 13.1 Å². The number of rotatable bonds is 6. The lowest BCUT2D eigenvalue weighted by Crippen LogP contribution is -2.04. The van der Waals surface area contributed by atoms with E-state index in [9.17, 15) is 8.78 Å². The standard InChI is InChI=1S/C13H19F2N5.ClH/c1-9(2)6-19-7-11(5-17-19)4-16-12-8-20(13(14)15)18-10(12)3;/h5,7-9,13,16H,4,6H2,1-3H3;1H. The van der Waals surface area contributed by atoms with Gasteiger partial charge in [0.05, 0.1) is 23.8 Å². The molecule has 0 saturated heterocycles. The van der Waals surface area contributed by atoms with Crippen molar-refractivity contribution < 1.29 is 8.78 Å². The Labute approximate surface area is 128 Å². The van der Waals surface area contributed by atoms with E-state index in [0.717, 1.165) is 12.1 Å². The summed E-state index contributed by atoms with van der Waals surface area (Å²) in [5.74, 6) is 0.530. The summed E-state index contributed by atoms with van der Waals surface area (Å²) in [5.41, 5.74) is 2.18. The van der Waals surface area contributed by atoms with E-state index in [0.29, 0.717) is 28.5 Å². The second-order valence-electron chi connectivity index (χ2n) is 5.20. The van der Waals surface area contributed by atoms with Crippen LogP contribution >= 0.6 is 12.4 Å². The van der Waals surface area contributed by atoms with Crippen LogP contribution in [0, 0.1) is 12.8 Å². The number of halogens is 3. The zero-order valence-electron chi connectivity index (χ0n) is 12.3. The average Bonchev–Trinajstić information content (AvgIpc) is 2.93. The Morgan fingerprint density at radius 3 is 2.57 bits per heavy atom. The molecule has 0 unspecified atom stereocenters. The summed E-state index contributed by atoms with van der Waals surface area (Å²) in [6.07, 6.45) is 5.06. The minimum Gasteiger partial charge on any atom is -0.378 e. The molecule has 0 aliphatic carbocycles. The number of nitrogens with zero attached hydrogens (tertiary/aromatic N) is 4. The highest BCUT2D eigenvalue weighted by Crippen LogP contribution is 2.18. The van der Waals surface area contributed by atoms with Crippen LogP contribution in [0.2, 0.25) is 0 Å². The van der Waals surface area contributed by atoms with Gasteiger partial charge in [-0.05, 0) is 12.8 Å². The van der Waals surface area contributed by atoms with Crippen LogP contribution in [0.3, 0.4) is 0 Å². The van der Waals surface area contributed by atoms with Gasteiger partial charge in [0.2, 0.25) is 0 Å². The van der Waals surface area contributed by atoms with Crippen LogP contribution in [0.5, 0.6) is 0 Å². The molecule has 0 amide bonds.